The van der Waals surface area contributed by atoms with Crippen LogP contribution in [0.1, 0.15) is 37.8 Å². The molecule has 3 rings (SSSR count). The number of anilines is 4. The van der Waals surface area contributed by atoms with Gasteiger partial charge in [-0.15, -0.1) is 0 Å². The van der Waals surface area contributed by atoms with Gasteiger partial charge in [-0.05, 0) is 48.2 Å². The quantitative estimate of drug-likeness (QED) is 0.125. The molecule has 0 saturated carbocycles. The molecule has 0 unspecified atom stereocenters. The molecule has 0 atom stereocenters. The lowest BCUT2D eigenvalue weighted by Gasteiger charge is -2.16. The Kier molecular flexibility index (Phi) is 14.3. The maximum Gasteiger partial charge on any atom is 0.233 e. The molecule has 0 bridgehead atoms. The molecule has 1 amide bonds. The normalized spacial score (nSPS) is 10.9. The molecular weight excluding hydrogens is 536 g/mol. The molecule has 6 N–H and O–H groups in total. The zero-order valence-electron chi connectivity index (χ0n) is 24.8. The number of ether oxygens (including phenoxy) is 3. The van der Waals surface area contributed by atoms with Crippen molar-refractivity contribution in [3.05, 3.63) is 59.7 Å². The number of rotatable bonds is 20. The smallest absolute Gasteiger partial charge is 0.233 e. The molecule has 0 aliphatic carbocycles. The van der Waals surface area contributed by atoms with E-state index in [-0.39, 0.29) is 18.4 Å². The third-order valence-electron chi connectivity index (χ3n) is 6.34. The minimum Gasteiger partial charge on any atom is -0.497 e. The molecule has 1 aromatic heterocycles. The van der Waals surface area contributed by atoms with Gasteiger partial charge in [-0.1, -0.05) is 38.1 Å². The number of hydrogen-bond donors (Lipinski definition) is 5. The fraction of sp³-hybridized carbons (Fsp3) is 0.467. The van der Waals surface area contributed by atoms with E-state index >= 15 is 0 Å². The summed E-state index contributed by atoms with van der Waals surface area (Å²) in [5.74, 6) is 2.10. The molecule has 2 aromatic carbocycles. The lowest BCUT2D eigenvalue weighted by molar-refractivity contribution is -0.120. The monoisotopic (exact) mass is 580 g/mol. The summed E-state index contributed by atoms with van der Waals surface area (Å²) < 4.78 is 15.9. The Hall–Kier alpha value is -4.00. The van der Waals surface area contributed by atoms with Crippen molar-refractivity contribution in [2.24, 2.45) is 5.73 Å². The molecule has 0 aliphatic rings. The van der Waals surface area contributed by atoms with E-state index < -0.39 is 0 Å². The van der Waals surface area contributed by atoms with E-state index in [0.717, 1.165) is 35.4 Å². The van der Waals surface area contributed by atoms with Gasteiger partial charge >= 0.3 is 0 Å². The van der Waals surface area contributed by atoms with Gasteiger partial charge in [0.1, 0.15) is 5.75 Å². The molecule has 0 fully saturated rings. The second-order valence-corrected chi connectivity index (χ2v) is 9.53. The van der Waals surface area contributed by atoms with Crippen LogP contribution in [0, 0.1) is 0 Å². The number of carbonyl (C=O) groups is 1. The first kappa shape index (κ1) is 32.5. The van der Waals surface area contributed by atoms with Crippen LogP contribution in [0.2, 0.25) is 0 Å². The zero-order chi connectivity index (χ0) is 30.0. The van der Waals surface area contributed by atoms with E-state index in [2.05, 4.69) is 50.1 Å². The van der Waals surface area contributed by atoms with E-state index in [4.69, 9.17) is 19.9 Å². The maximum atomic E-state index is 12.3. The molecule has 228 valence electrons. The average molecular weight is 581 g/mol. The Balaban J connectivity index is 1.56. The summed E-state index contributed by atoms with van der Waals surface area (Å²) in [4.78, 5) is 26.1. The molecule has 0 saturated heterocycles. The van der Waals surface area contributed by atoms with Crippen molar-refractivity contribution in [1.29, 1.82) is 0 Å². The van der Waals surface area contributed by atoms with E-state index in [0.29, 0.717) is 63.9 Å². The van der Waals surface area contributed by atoms with Crippen molar-refractivity contribution in [1.82, 2.24) is 20.3 Å². The number of hydrogen-bond acceptors (Lipinski definition) is 11. The van der Waals surface area contributed by atoms with Gasteiger partial charge in [0.25, 0.3) is 0 Å². The van der Waals surface area contributed by atoms with E-state index in [1.807, 2.05) is 48.5 Å². The Morgan fingerprint density at radius 2 is 1.48 bits per heavy atom. The van der Waals surface area contributed by atoms with Crippen LogP contribution < -0.4 is 31.7 Å². The molecule has 42 heavy (non-hydrogen) atoms. The summed E-state index contributed by atoms with van der Waals surface area (Å²) in [6.45, 7) is 7.64. The highest BCUT2D eigenvalue weighted by Gasteiger charge is 2.11. The molecule has 12 nitrogen and oxygen atoms in total. The number of aromatic nitrogens is 3. The third kappa shape index (κ3) is 11.9. The molecule has 3 aromatic rings. The van der Waals surface area contributed by atoms with Gasteiger partial charge < -0.3 is 41.2 Å². The van der Waals surface area contributed by atoms with Gasteiger partial charge in [0.15, 0.2) is 0 Å². The number of nitrogens with one attached hydrogen (secondary N) is 4. The first-order chi connectivity index (χ1) is 20.5. The van der Waals surface area contributed by atoms with E-state index in [1.54, 1.807) is 7.11 Å². The van der Waals surface area contributed by atoms with Crippen molar-refractivity contribution in [3.8, 4) is 5.75 Å². The Morgan fingerprint density at radius 1 is 0.833 bits per heavy atom. The second-order valence-electron chi connectivity index (χ2n) is 9.53. The largest absolute Gasteiger partial charge is 0.497 e. The van der Waals surface area contributed by atoms with Crippen LogP contribution in [0.15, 0.2) is 48.5 Å². The summed E-state index contributed by atoms with van der Waals surface area (Å²) in [6, 6.07) is 15.7. The van der Waals surface area contributed by atoms with Crippen LogP contribution in [0.5, 0.6) is 5.75 Å². The minimum atomic E-state index is -0.0687. The van der Waals surface area contributed by atoms with Gasteiger partial charge in [0, 0.05) is 31.4 Å². The van der Waals surface area contributed by atoms with Crippen LogP contribution in [0.4, 0.5) is 23.5 Å². The Bertz CT molecular complexity index is 1190. The fourth-order valence-electron chi connectivity index (χ4n) is 3.93. The summed E-state index contributed by atoms with van der Waals surface area (Å²) in [7, 11) is 1.65. The average Bonchev–Trinajstić information content (AvgIpc) is 3.01. The van der Waals surface area contributed by atoms with Crippen LogP contribution in [-0.2, 0) is 27.2 Å². The van der Waals surface area contributed by atoms with Crippen LogP contribution in [0.3, 0.4) is 0 Å². The summed E-state index contributed by atoms with van der Waals surface area (Å²) >= 11 is 0. The van der Waals surface area contributed by atoms with Gasteiger partial charge in [0.05, 0.1) is 40.0 Å². The highest BCUT2D eigenvalue weighted by atomic mass is 16.5. The number of benzene rings is 2. The highest BCUT2D eigenvalue weighted by molar-refractivity contribution is 5.78. The standard InChI is InChI=1S/C30H44N8O4/c1-4-24(5-2)34-29-36-28(33-21-23-8-12-26(40-3)13-9-23)37-30(38-29)35-25-10-6-22(7-11-25)20-27(39)32-15-17-42-19-18-41-16-14-31/h6-13,24H,4-5,14-21,31H2,1-3H3,(H,32,39)(H3,33,34,35,36,37,38). The maximum absolute atomic E-state index is 12.3. The van der Waals surface area contributed by atoms with Gasteiger partial charge in [0.2, 0.25) is 23.8 Å². The predicted molar refractivity (Wildman–Crippen MR) is 165 cm³/mol. The third-order valence-corrected chi connectivity index (χ3v) is 6.34. The van der Waals surface area contributed by atoms with E-state index in [9.17, 15) is 4.79 Å². The van der Waals surface area contributed by atoms with Gasteiger partial charge in [-0.25, -0.2) is 0 Å². The van der Waals surface area contributed by atoms with E-state index in [1.165, 1.54) is 0 Å². The number of amides is 1. The Morgan fingerprint density at radius 3 is 2.14 bits per heavy atom. The molecular formula is C30H44N8O4. The molecule has 12 heteroatoms. The fourth-order valence-corrected chi connectivity index (χ4v) is 3.93. The summed E-state index contributed by atoms with van der Waals surface area (Å²) in [5.41, 5.74) is 8.12. The number of carbonyl (C=O) groups excluding carboxylic acids is 1. The van der Waals surface area contributed by atoms with Crippen molar-refractivity contribution < 1.29 is 19.0 Å². The topological polar surface area (TPSA) is 158 Å². The van der Waals surface area contributed by atoms with Crippen LogP contribution in [-0.4, -0.2) is 73.5 Å². The molecule has 0 radical (unpaired) electrons. The van der Waals surface area contributed by atoms with Gasteiger partial charge in [-0.2, -0.15) is 15.0 Å². The molecule has 0 aliphatic heterocycles. The number of nitrogens with zero attached hydrogens (tertiary/aromatic N) is 3. The first-order valence-electron chi connectivity index (χ1n) is 14.4. The number of nitrogens with two attached hydrogens (primary N) is 1. The SMILES string of the molecule is CCC(CC)Nc1nc(NCc2ccc(OC)cc2)nc(Nc2ccc(CC(=O)NCCOCCOCCN)cc2)n1. The number of methoxy groups -OCH3 is 1. The minimum absolute atomic E-state index is 0.0687. The zero-order valence-corrected chi connectivity index (χ0v) is 24.8. The van der Waals surface area contributed by atoms with Crippen LogP contribution in [0.25, 0.3) is 0 Å². The second kappa shape index (κ2) is 18.4. The molecule has 0 spiro atoms. The lowest BCUT2D eigenvalue weighted by Crippen LogP contribution is -2.29. The van der Waals surface area contributed by atoms with Crippen molar-refractivity contribution in [2.75, 3.05) is 62.6 Å². The lowest BCUT2D eigenvalue weighted by atomic mass is 10.1. The van der Waals surface area contributed by atoms with Crippen molar-refractivity contribution >= 4 is 29.4 Å². The van der Waals surface area contributed by atoms with Crippen molar-refractivity contribution in [3.63, 3.8) is 0 Å². The Labute approximate surface area is 248 Å². The van der Waals surface area contributed by atoms with Crippen LogP contribution >= 0.6 is 0 Å². The van der Waals surface area contributed by atoms with Crippen molar-refractivity contribution in [2.45, 2.75) is 45.7 Å². The first-order valence-corrected chi connectivity index (χ1v) is 14.4. The highest BCUT2D eigenvalue weighted by Crippen LogP contribution is 2.19. The summed E-state index contributed by atoms with van der Waals surface area (Å²) in [5, 5.41) is 12.8. The van der Waals surface area contributed by atoms with Gasteiger partial charge in [-0.3, -0.25) is 4.79 Å². The summed E-state index contributed by atoms with van der Waals surface area (Å²) in [6.07, 6.45) is 2.17. The molecule has 1 heterocycles. The predicted octanol–water partition coefficient (Wildman–Crippen LogP) is 3.49.